The Kier molecular flexibility index (Phi) is 5.25. The largest absolute Gasteiger partial charge is 0.497 e. The lowest BCUT2D eigenvalue weighted by molar-refractivity contribution is 0.177. The van der Waals surface area contributed by atoms with Gasteiger partial charge < -0.3 is 14.6 Å². The predicted molar refractivity (Wildman–Crippen MR) is 87.4 cm³/mol. The van der Waals surface area contributed by atoms with Crippen LogP contribution in [0, 0.1) is 3.57 Å². The van der Waals surface area contributed by atoms with Gasteiger partial charge in [0.1, 0.15) is 11.5 Å². The molecular weight excluding hydrogens is 367 g/mol. The van der Waals surface area contributed by atoms with Gasteiger partial charge in [-0.1, -0.05) is 12.1 Å². The highest BCUT2D eigenvalue weighted by Crippen LogP contribution is 2.28. The monoisotopic (exact) mass is 384 g/mol. The highest BCUT2D eigenvalue weighted by Gasteiger charge is 2.12. The second-order valence-electron chi connectivity index (χ2n) is 4.49. The van der Waals surface area contributed by atoms with Crippen molar-refractivity contribution < 1.29 is 14.6 Å². The van der Waals surface area contributed by atoms with Crippen LogP contribution in [-0.4, -0.2) is 19.3 Å². The van der Waals surface area contributed by atoms with Gasteiger partial charge in [-0.05, 0) is 58.0 Å². The van der Waals surface area contributed by atoms with Crippen LogP contribution in [0.15, 0.2) is 42.5 Å². The molecule has 0 aliphatic rings. The number of aliphatic hydroxyl groups excluding tert-OH is 1. The molecule has 2 aromatic rings. The lowest BCUT2D eigenvalue weighted by Crippen LogP contribution is -2.03. The Balaban J connectivity index is 2.19. The van der Waals surface area contributed by atoms with Crippen molar-refractivity contribution in [2.75, 3.05) is 14.2 Å². The van der Waals surface area contributed by atoms with Gasteiger partial charge in [0.15, 0.2) is 0 Å². The molecule has 0 amide bonds. The van der Waals surface area contributed by atoms with Gasteiger partial charge in [0, 0.05) is 16.1 Å². The van der Waals surface area contributed by atoms with Crippen LogP contribution < -0.4 is 9.47 Å². The smallest absolute Gasteiger partial charge is 0.122 e. The maximum Gasteiger partial charge on any atom is 0.122 e. The van der Waals surface area contributed by atoms with E-state index in [0.717, 1.165) is 11.1 Å². The Hall–Kier alpha value is -1.27. The zero-order chi connectivity index (χ0) is 14.5. The second kappa shape index (κ2) is 6.95. The van der Waals surface area contributed by atoms with Crippen molar-refractivity contribution >= 4 is 22.6 Å². The summed E-state index contributed by atoms with van der Waals surface area (Å²) in [6.07, 6.45) is -0.0215. The minimum absolute atomic E-state index is 0.563. The Labute approximate surface area is 132 Å². The quantitative estimate of drug-likeness (QED) is 0.801. The van der Waals surface area contributed by atoms with Crippen molar-refractivity contribution in [3.05, 3.63) is 57.2 Å². The van der Waals surface area contributed by atoms with Crippen LogP contribution >= 0.6 is 22.6 Å². The van der Waals surface area contributed by atoms with Crippen LogP contribution in [0.3, 0.4) is 0 Å². The van der Waals surface area contributed by atoms with Gasteiger partial charge in [0.25, 0.3) is 0 Å². The Morgan fingerprint density at radius 2 is 1.55 bits per heavy atom. The van der Waals surface area contributed by atoms with Crippen molar-refractivity contribution in [2.24, 2.45) is 0 Å². The average Bonchev–Trinajstić information content (AvgIpc) is 2.48. The molecule has 0 heterocycles. The summed E-state index contributed by atoms with van der Waals surface area (Å²) in [7, 11) is 3.20. The molecule has 106 valence electrons. The summed E-state index contributed by atoms with van der Waals surface area (Å²) < 4.78 is 11.6. The molecular formula is C16H17IO3. The number of aliphatic hydroxyl groups is 1. The summed E-state index contributed by atoms with van der Waals surface area (Å²) >= 11 is 2.26. The summed E-state index contributed by atoms with van der Waals surface area (Å²) in [4.78, 5) is 0. The van der Waals surface area contributed by atoms with Crippen LogP contribution in [0.25, 0.3) is 0 Å². The normalized spacial score (nSPS) is 12.0. The molecule has 0 spiro atoms. The third-order valence-corrected chi connectivity index (χ3v) is 3.82. The van der Waals surface area contributed by atoms with Crippen LogP contribution in [0.1, 0.15) is 17.2 Å². The van der Waals surface area contributed by atoms with Crippen molar-refractivity contribution in [2.45, 2.75) is 12.5 Å². The Morgan fingerprint density at radius 1 is 1.00 bits per heavy atom. The van der Waals surface area contributed by atoms with Gasteiger partial charge in [0.05, 0.1) is 20.3 Å². The van der Waals surface area contributed by atoms with Crippen molar-refractivity contribution in [1.29, 1.82) is 0 Å². The number of hydrogen-bond acceptors (Lipinski definition) is 3. The van der Waals surface area contributed by atoms with Gasteiger partial charge >= 0.3 is 0 Å². The predicted octanol–water partition coefficient (Wildman–Crippen LogP) is 3.58. The van der Waals surface area contributed by atoms with Crippen LogP contribution in [-0.2, 0) is 6.42 Å². The molecule has 3 nitrogen and oxygen atoms in total. The van der Waals surface area contributed by atoms with E-state index in [0.29, 0.717) is 17.9 Å². The highest BCUT2D eigenvalue weighted by atomic mass is 127. The molecule has 1 N–H and O–H groups in total. The van der Waals surface area contributed by atoms with Crippen molar-refractivity contribution in [1.82, 2.24) is 0 Å². The summed E-state index contributed by atoms with van der Waals surface area (Å²) in [5, 5.41) is 10.4. The fourth-order valence-electron chi connectivity index (χ4n) is 1.98. The maximum atomic E-state index is 10.4. The molecule has 2 aromatic carbocycles. The standard InChI is InChI=1S/C16H17IO3/c1-19-14-8-12(9-15(10-14)20-2)16(18)7-11-3-5-13(17)6-4-11/h3-6,8-10,16,18H,7H2,1-2H3. The number of methoxy groups -OCH3 is 2. The molecule has 0 radical (unpaired) electrons. The van der Waals surface area contributed by atoms with Crippen molar-refractivity contribution in [3.63, 3.8) is 0 Å². The molecule has 0 fully saturated rings. The summed E-state index contributed by atoms with van der Waals surface area (Å²) in [5.41, 5.74) is 1.89. The first-order valence-corrected chi connectivity index (χ1v) is 7.35. The molecule has 0 aromatic heterocycles. The van der Waals surface area contributed by atoms with Gasteiger partial charge in [0.2, 0.25) is 0 Å². The number of benzene rings is 2. The first-order chi connectivity index (χ1) is 9.62. The Bertz CT molecular complexity index is 544. The topological polar surface area (TPSA) is 38.7 Å². The minimum Gasteiger partial charge on any atom is -0.497 e. The van der Waals surface area contributed by atoms with Gasteiger partial charge in [-0.25, -0.2) is 0 Å². The van der Waals surface area contributed by atoms with Crippen molar-refractivity contribution in [3.8, 4) is 11.5 Å². The molecule has 0 saturated carbocycles. The number of ether oxygens (including phenoxy) is 2. The van der Waals surface area contributed by atoms with E-state index in [1.165, 1.54) is 3.57 Å². The molecule has 20 heavy (non-hydrogen) atoms. The minimum atomic E-state index is -0.584. The lowest BCUT2D eigenvalue weighted by Gasteiger charge is -2.14. The zero-order valence-corrected chi connectivity index (χ0v) is 13.6. The molecule has 0 bridgehead atoms. The van der Waals surface area contributed by atoms with Crippen LogP contribution in [0.2, 0.25) is 0 Å². The highest BCUT2D eigenvalue weighted by molar-refractivity contribution is 14.1. The van der Waals surface area contributed by atoms with Gasteiger partial charge in [-0.2, -0.15) is 0 Å². The SMILES string of the molecule is COc1cc(OC)cc(C(O)Cc2ccc(I)cc2)c1. The van der Waals surface area contributed by atoms with Gasteiger partial charge in [-0.15, -0.1) is 0 Å². The third-order valence-electron chi connectivity index (χ3n) is 3.10. The molecule has 1 unspecified atom stereocenters. The van der Waals surface area contributed by atoms with E-state index < -0.39 is 6.10 Å². The lowest BCUT2D eigenvalue weighted by atomic mass is 10.0. The molecule has 2 rings (SSSR count). The van der Waals surface area contributed by atoms with Crippen LogP contribution in [0.5, 0.6) is 11.5 Å². The molecule has 1 atom stereocenters. The maximum absolute atomic E-state index is 10.4. The molecule has 0 aliphatic carbocycles. The summed E-state index contributed by atoms with van der Waals surface area (Å²) in [6, 6.07) is 13.6. The fraction of sp³-hybridized carbons (Fsp3) is 0.250. The average molecular weight is 384 g/mol. The first-order valence-electron chi connectivity index (χ1n) is 6.28. The fourth-order valence-corrected chi connectivity index (χ4v) is 2.34. The first kappa shape index (κ1) is 15.1. The number of rotatable bonds is 5. The third kappa shape index (κ3) is 3.86. The van der Waals surface area contributed by atoms with E-state index in [4.69, 9.17) is 9.47 Å². The Morgan fingerprint density at radius 3 is 2.05 bits per heavy atom. The number of hydrogen-bond donors (Lipinski definition) is 1. The molecule has 4 heteroatoms. The summed E-state index contributed by atoms with van der Waals surface area (Å²) in [5.74, 6) is 1.36. The zero-order valence-electron chi connectivity index (χ0n) is 11.5. The van der Waals surface area contributed by atoms with E-state index in [-0.39, 0.29) is 0 Å². The van der Waals surface area contributed by atoms with E-state index in [9.17, 15) is 5.11 Å². The molecule has 0 saturated heterocycles. The van der Waals surface area contributed by atoms with Gasteiger partial charge in [-0.3, -0.25) is 0 Å². The summed E-state index contributed by atoms with van der Waals surface area (Å²) in [6.45, 7) is 0. The van der Waals surface area contributed by atoms with E-state index in [2.05, 4.69) is 22.6 Å². The second-order valence-corrected chi connectivity index (χ2v) is 5.74. The van der Waals surface area contributed by atoms with E-state index in [1.54, 1.807) is 20.3 Å². The van der Waals surface area contributed by atoms with E-state index in [1.807, 2.05) is 36.4 Å². The number of halogens is 1. The van der Waals surface area contributed by atoms with Crippen LogP contribution in [0.4, 0.5) is 0 Å². The molecule has 0 aliphatic heterocycles. The van der Waals surface area contributed by atoms with E-state index >= 15 is 0 Å².